The summed E-state index contributed by atoms with van der Waals surface area (Å²) < 4.78 is 14.6. The van der Waals surface area contributed by atoms with Crippen LogP contribution >= 0.6 is 0 Å². The molecule has 0 radical (unpaired) electrons. The molecule has 24 heavy (non-hydrogen) atoms. The number of aryl methyl sites for hydroxylation is 2. The number of nitrogens with zero attached hydrogens (tertiary/aromatic N) is 3. The first kappa shape index (κ1) is 16.2. The van der Waals surface area contributed by atoms with Crippen molar-refractivity contribution < 1.29 is 14.0 Å². The van der Waals surface area contributed by atoms with E-state index in [0.717, 1.165) is 11.3 Å². The zero-order valence-electron chi connectivity index (χ0n) is 13.6. The van der Waals surface area contributed by atoms with Gasteiger partial charge in [0.15, 0.2) is 0 Å². The average Bonchev–Trinajstić information content (AvgIpc) is 3.05. The third kappa shape index (κ3) is 3.45. The van der Waals surface area contributed by atoms with Crippen molar-refractivity contribution in [3.63, 3.8) is 0 Å². The minimum atomic E-state index is -0.303. The number of likely N-dealkylation sites (tertiary alicyclic amines) is 1. The van der Waals surface area contributed by atoms with Crippen molar-refractivity contribution in [2.45, 2.75) is 25.9 Å². The lowest BCUT2D eigenvalue weighted by Gasteiger charge is -2.17. The number of carbonyl (C=O) groups excluding carboxylic acids is 2. The monoisotopic (exact) mass is 330 g/mol. The minimum absolute atomic E-state index is 0.0261. The van der Waals surface area contributed by atoms with Crippen molar-refractivity contribution in [2.24, 2.45) is 7.05 Å². The average molecular weight is 330 g/mol. The number of halogens is 1. The van der Waals surface area contributed by atoms with E-state index in [9.17, 15) is 14.0 Å². The Morgan fingerprint density at radius 1 is 1.38 bits per heavy atom. The normalized spacial score (nSPS) is 17.4. The third-order valence-corrected chi connectivity index (χ3v) is 4.18. The van der Waals surface area contributed by atoms with Crippen molar-refractivity contribution in [3.8, 4) is 0 Å². The molecule has 0 unspecified atom stereocenters. The quantitative estimate of drug-likeness (QED) is 0.921. The van der Waals surface area contributed by atoms with E-state index < -0.39 is 0 Å². The summed E-state index contributed by atoms with van der Waals surface area (Å²) in [5, 5.41) is 6.99. The van der Waals surface area contributed by atoms with Gasteiger partial charge in [-0.2, -0.15) is 5.10 Å². The fraction of sp³-hybridized carbons (Fsp3) is 0.353. The van der Waals surface area contributed by atoms with Gasteiger partial charge in [0.1, 0.15) is 11.5 Å². The van der Waals surface area contributed by atoms with Crippen LogP contribution in [0.5, 0.6) is 0 Å². The Bertz CT molecular complexity index is 750. The van der Waals surface area contributed by atoms with Crippen LogP contribution < -0.4 is 5.32 Å². The van der Waals surface area contributed by atoms with E-state index in [1.54, 1.807) is 34.8 Å². The number of hydrogen-bond acceptors (Lipinski definition) is 3. The highest BCUT2D eigenvalue weighted by Crippen LogP contribution is 2.16. The maximum absolute atomic E-state index is 12.9. The zero-order chi connectivity index (χ0) is 17.3. The first-order chi connectivity index (χ1) is 11.4. The van der Waals surface area contributed by atoms with Gasteiger partial charge < -0.3 is 10.2 Å². The molecule has 1 atom stereocenters. The SMILES string of the molecule is Cc1cc(C(=O)N[C@@H]2CC(=O)N(Cc3ccc(F)cc3)C2)nn1C. The molecule has 3 rings (SSSR count). The van der Waals surface area contributed by atoms with Crippen LogP contribution in [0.25, 0.3) is 0 Å². The van der Waals surface area contributed by atoms with Crippen LogP contribution in [0.1, 0.15) is 28.2 Å². The van der Waals surface area contributed by atoms with Crippen molar-refractivity contribution in [1.29, 1.82) is 0 Å². The molecular formula is C17H19FN4O2. The minimum Gasteiger partial charge on any atom is -0.346 e. The number of nitrogens with one attached hydrogen (secondary N) is 1. The molecule has 1 aromatic heterocycles. The Labute approximate surface area is 139 Å². The Balaban J connectivity index is 1.60. The zero-order valence-corrected chi connectivity index (χ0v) is 13.6. The van der Waals surface area contributed by atoms with E-state index in [1.807, 2.05) is 6.92 Å². The van der Waals surface area contributed by atoms with Crippen LogP contribution in [-0.4, -0.2) is 39.1 Å². The smallest absolute Gasteiger partial charge is 0.272 e. The summed E-state index contributed by atoms with van der Waals surface area (Å²) in [7, 11) is 1.77. The van der Waals surface area contributed by atoms with Gasteiger partial charge in [-0.1, -0.05) is 12.1 Å². The first-order valence-electron chi connectivity index (χ1n) is 7.76. The number of benzene rings is 1. The summed E-state index contributed by atoms with van der Waals surface area (Å²) >= 11 is 0. The van der Waals surface area contributed by atoms with Gasteiger partial charge >= 0.3 is 0 Å². The van der Waals surface area contributed by atoms with Crippen LogP contribution in [0, 0.1) is 12.7 Å². The first-order valence-corrected chi connectivity index (χ1v) is 7.76. The Morgan fingerprint density at radius 3 is 2.71 bits per heavy atom. The molecule has 7 heteroatoms. The largest absolute Gasteiger partial charge is 0.346 e. The van der Waals surface area contributed by atoms with Gasteiger partial charge in [0.2, 0.25) is 5.91 Å². The Morgan fingerprint density at radius 2 is 2.08 bits per heavy atom. The van der Waals surface area contributed by atoms with Gasteiger partial charge in [-0.3, -0.25) is 14.3 Å². The summed E-state index contributed by atoms with van der Waals surface area (Å²) in [5.74, 6) is -0.607. The number of rotatable bonds is 4. The van der Waals surface area contributed by atoms with Gasteiger partial charge in [-0.15, -0.1) is 0 Å². The molecule has 2 aromatic rings. The molecule has 1 aliphatic rings. The molecule has 2 heterocycles. The van der Waals surface area contributed by atoms with Gasteiger partial charge in [0.25, 0.3) is 5.91 Å². The number of carbonyl (C=O) groups is 2. The van der Waals surface area contributed by atoms with Gasteiger partial charge in [-0.05, 0) is 30.7 Å². The van der Waals surface area contributed by atoms with Crippen molar-refractivity contribution in [3.05, 3.63) is 53.1 Å². The van der Waals surface area contributed by atoms with Gasteiger partial charge in [0, 0.05) is 32.3 Å². The fourth-order valence-corrected chi connectivity index (χ4v) is 2.76. The summed E-state index contributed by atoms with van der Waals surface area (Å²) in [4.78, 5) is 26.0. The predicted molar refractivity (Wildman–Crippen MR) is 85.6 cm³/mol. The van der Waals surface area contributed by atoms with Crippen LogP contribution in [0.3, 0.4) is 0 Å². The highest BCUT2D eigenvalue weighted by atomic mass is 19.1. The molecular weight excluding hydrogens is 311 g/mol. The molecule has 1 saturated heterocycles. The number of amides is 2. The van der Waals surface area contributed by atoms with Gasteiger partial charge in [-0.25, -0.2) is 4.39 Å². The highest BCUT2D eigenvalue weighted by Gasteiger charge is 2.31. The van der Waals surface area contributed by atoms with Crippen LogP contribution in [-0.2, 0) is 18.4 Å². The molecule has 1 aliphatic heterocycles. The van der Waals surface area contributed by atoms with Gasteiger partial charge in [0.05, 0.1) is 6.04 Å². The molecule has 0 aliphatic carbocycles. The standard InChI is InChI=1S/C17H19FN4O2/c1-11-7-15(20-21(11)2)17(24)19-14-8-16(23)22(10-14)9-12-3-5-13(18)6-4-12/h3-7,14H,8-10H2,1-2H3,(H,19,24)/t14-/m1/s1. The molecule has 6 nitrogen and oxygen atoms in total. The van der Waals surface area contributed by atoms with E-state index in [-0.39, 0.29) is 30.1 Å². The molecule has 126 valence electrons. The fourth-order valence-electron chi connectivity index (χ4n) is 2.76. The third-order valence-electron chi connectivity index (χ3n) is 4.18. The molecule has 2 amide bonds. The van der Waals surface area contributed by atoms with Crippen molar-refractivity contribution >= 4 is 11.8 Å². The molecule has 1 N–H and O–H groups in total. The molecule has 1 aromatic carbocycles. The predicted octanol–water partition coefficient (Wildman–Crippen LogP) is 1.40. The van der Waals surface area contributed by atoms with Crippen LogP contribution in [0.4, 0.5) is 4.39 Å². The van der Waals surface area contributed by atoms with E-state index in [2.05, 4.69) is 10.4 Å². The second-order valence-electron chi connectivity index (χ2n) is 6.07. The Hall–Kier alpha value is -2.70. The van der Waals surface area contributed by atoms with E-state index >= 15 is 0 Å². The molecule has 0 bridgehead atoms. The number of aromatic nitrogens is 2. The van der Waals surface area contributed by atoms with Crippen LogP contribution in [0.2, 0.25) is 0 Å². The lowest BCUT2D eigenvalue weighted by molar-refractivity contribution is -0.128. The summed E-state index contributed by atoms with van der Waals surface area (Å²) in [6.45, 7) is 2.72. The maximum Gasteiger partial charge on any atom is 0.272 e. The lowest BCUT2D eigenvalue weighted by Crippen LogP contribution is -2.37. The van der Waals surface area contributed by atoms with Crippen molar-refractivity contribution in [1.82, 2.24) is 20.0 Å². The summed E-state index contributed by atoms with van der Waals surface area (Å²) in [5.41, 5.74) is 2.09. The lowest BCUT2D eigenvalue weighted by atomic mass is 10.2. The van der Waals surface area contributed by atoms with E-state index in [4.69, 9.17) is 0 Å². The summed E-state index contributed by atoms with van der Waals surface area (Å²) in [6, 6.07) is 7.53. The maximum atomic E-state index is 12.9. The second-order valence-corrected chi connectivity index (χ2v) is 6.07. The van der Waals surface area contributed by atoms with E-state index in [0.29, 0.717) is 18.8 Å². The topological polar surface area (TPSA) is 67.2 Å². The molecule has 1 fully saturated rings. The summed E-state index contributed by atoms with van der Waals surface area (Å²) in [6.07, 6.45) is 0.263. The number of hydrogen-bond donors (Lipinski definition) is 1. The molecule has 0 spiro atoms. The van der Waals surface area contributed by atoms with Crippen molar-refractivity contribution in [2.75, 3.05) is 6.54 Å². The Kier molecular flexibility index (Phi) is 4.33. The second kappa shape index (κ2) is 6.43. The van der Waals surface area contributed by atoms with E-state index in [1.165, 1.54) is 12.1 Å². The van der Waals surface area contributed by atoms with Crippen LogP contribution in [0.15, 0.2) is 30.3 Å². The highest BCUT2D eigenvalue weighted by molar-refractivity contribution is 5.93. The molecule has 0 saturated carbocycles.